The Hall–Kier alpha value is -2.75. The predicted octanol–water partition coefficient (Wildman–Crippen LogP) is 4.33. The van der Waals surface area contributed by atoms with Crippen LogP contribution in [0.5, 0.6) is 0 Å². The minimum absolute atomic E-state index is 0.303. The number of pyridine rings is 1. The van der Waals surface area contributed by atoms with Crippen molar-refractivity contribution in [2.75, 3.05) is 6.26 Å². The molecular weight excluding hydrogens is 557 g/mol. The van der Waals surface area contributed by atoms with Gasteiger partial charge in [0.1, 0.15) is 5.69 Å². The van der Waals surface area contributed by atoms with Crippen LogP contribution in [0.3, 0.4) is 0 Å². The highest BCUT2D eigenvalue weighted by Gasteiger charge is 2.48. The third-order valence-corrected chi connectivity index (χ3v) is 9.03. The van der Waals surface area contributed by atoms with E-state index in [1.54, 1.807) is 0 Å². The Balaban J connectivity index is 1.78. The molecule has 1 aliphatic carbocycles. The molecule has 204 valence electrons. The average molecular weight is 577 g/mol. The van der Waals surface area contributed by atoms with Crippen LogP contribution in [-0.2, 0) is 32.0 Å². The smallest absolute Gasteiger partial charge is 0.349 e. The SMILES string of the molecule is CS(=O)(=O)c1nc(C(F)(F)F)ccc1C(=O)N[C@H]1CC[C@](F)(S(=O)(=O)c2cccc(C(F)(F)F)c2)CC1. The van der Waals surface area contributed by atoms with Crippen molar-refractivity contribution >= 4 is 25.6 Å². The summed E-state index contributed by atoms with van der Waals surface area (Å²) in [6.07, 6.45) is -11.3. The predicted molar refractivity (Wildman–Crippen MR) is 115 cm³/mol. The molecule has 7 nitrogen and oxygen atoms in total. The number of carbonyl (C=O) groups is 1. The van der Waals surface area contributed by atoms with E-state index in [1.165, 1.54) is 0 Å². The van der Waals surface area contributed by atoms with Crippen molar-refractivity contribution in [1.29, 1.82) is 0 Å². The number of rotatable bonds is 5. The van der Waals surface area contributed by atoms with Gasteiger partial charge in [0, 0.05) is 12.3 Å². The van der Waals surface area contributed by atoms with E-state index in [-0.39, 0.29) is 12.8 Å². The van der Waals surface area contributed by atoms with Gasteiger partial charge in [0.05, 0.1) is 16.0 Å². The van der Waals surface area contributed by atoms with Gasteiger partial charge < -0.3 is 5.32 Å². The molecule has 3 rings (SSSR count). The van der Waals surface area contributed by atoms with Gasteiger partial charge in [-0.3, -0.25) is 4.79 Å². The molecule has 1 aromatic heterocycles. The summed E-state index contributed by atoms with van der Waals surface area (Å²) >= 11 is 0. The molecule has 1 heterocycles. The zero-order valence-electron chi connectivity index (χ0n) is 18.8. The number of aromatic nitrogens is 1. The second kappa shape index (κ2) is 9.53. The third kappa shape index (κ3) is 6.05. The van der Waals surface area contributed by atoms with E-state index < -0.39 is 88.6 Å². The Labute approximate surface area is 206 Å². The maximum absolute atomic E-state index is 15.5. The Morgan fingerprint density at radius 3 is 2.08 bits per heavy atom. The molecule has 1 aliphatic rings. The summed E-state index contributed by atoms with van der Waals surface area (Å²) in [4.78, 5) is 14.8. The fourth-order valence-corrected chi connectivity index (χ4v) is 6.39. The topological polar surface area (TPSA) is 110 Å². The summed E-state index contributed by atoms with van der Waals surface area (Å²) < 4.78 is 143. The molecule has 1 saturated carbocycles. The van der Waals surface area contributed by atoms with Gasteiger partial charge in [-0.1, -0.05) is 6.07 Å². The molecule has 1 aromatic carbocycles. The molecule has 0 spiro atoms. The Morgan fingerprint density at radius 2 is 1.57 bits per heavy atom. The summed E-state index contributed by atoms with van der Waals surface area (Å²) in [5.41, 5.74) is -3.50. The molecule has 2 aromatic rings. The van der Waals surface area contributed by atoms with Crippen LogP contribution < -0.4 is 5.32 Å². The van der Waals surface area contributed by atoms with E-state index in [0.717, 1.165) is 12.1 Å². The van der Waals surface area contributed by atoms with Gasteiger partial charge >= 0.3 is 12.4 Å². The molecule has 1 N–H and O–H groups in total. The van der Waals surface area contributed by atoms with Crippen LogP contribution in [0.1, 0.15) is 47.3 Å². The highest BCUT2D eigenvalue weighted by atomic mass is 32.2. The van der Waals surface area contributed by atoms with Gasteiger partial charge in [0.2, 0.25) is 14.8 Å². The van der Waals surface area contributed by atoms with E-state index in [1.807, 2.05) is 0 Å². The van der Waals surface area contributed by atoms with E-state index in [9.17, 15) is 48.0 Å². The zero-order chi connectivity index (χ0) is 28.0. The van der Waals surface area contributed by atoms with Crippen LogP contribution in [0, 0.1) is 0 Å². The van der Waals surface area contributed by atoms with Crippen LogP contribution in [0.15, 0.2) is 46.3 Å². The number of hydrogen-bond donors (Lipinski definition) is 1. The second-order valence-corrected chi connectivity index (χ2v) is 12.6. The quantitative estimate of drug-likeness (QED) is 0.531. The summed E-state index contributed by atoms with van der Waals surface area (Å²) in [5, 5.41) is -1.73. The first-order valence-corrected chi connectivity index (χ1v) is 13.8. The number of nitrogens with one attached hydrogen (secondary N) is 1. The van der Waals surface area contributed by atoms with Crippen molar-refractivity contribution in [2.45, 2.75) is 59.0 Å². The van der Waals surface area contributed by atoms with E-state index >= 15 is 4.39 Å². The lowest BCUT2D eigenvalue weighted by Gasteiger charge is -2.34. The highest BCUT2D eigenvalue weighted by molar-refractivity contribution is 7.92. The van der Waals surface area contributed by atoms with Crippen LogP contribution in [0.2, 0.25) is 0 Å². The van der Waals surface area contributed by atoms with Crippen molar-refractivity contribution < 1.29 is 52.4 Å². The van der Waals surface area contributed by atoms with E-state index in [0.29, 0.717) is 30.5 Å². The molecule has 16 heteroatoms. The van der Waals surface area contributed by atoms with Crippen LogP contribution >= 0.6 is 0 Å². The summed E-state index contributed by atoms with van der Waals surface area (Å²) in [6.45, 7) is 0. The van der Waals surface area contributed by atoms with E-state index in [2.05, 4.69) is 10.3 Å². The lowest BCUT2D eigenvalue weighted by molar-refractivity contribution is -0.141. The number of benzene rings is 1. The number of sulfone groups is 2. The number of halogens is 7. The average Bonchev–Trinajstić information content (AvgIpc) is 2.78. The molecule has 0 bridgehead atoms. The van der Waals surface area contributed by atoms with Gasteiger partial charge in [0.15, 0.2) is 14.9 Å². The van der Waals surface area contributed by atoms with Gasteiger partial charge in [0.25, 0.3) is 5.91 Å². The monoisotopic (exact) mass is 576 g/mol. The molecule has 1 amide bonds. The molecule has 37 heavy (non-hydrogen) atoms. The standard InChI is InChI=1S/C21H19F7N2O5S2/c1-36(32,33)18-15(5-6-16(30-18)21(26,27)28)17(31)29-13-7-9-19(22,10-8-13)37(34,35)14-4-2-3-12(11-14)20(23,24)25/h2-6,11,13H,7-10H2,1H3,(H,29,31)/t13-,19-. The number of nitrogens with zero attached hydrogens (tertiary/aromatic N) is 1. The fraction of sp³-hybridized carbons (Fsp3) is 0.429. The van der Waals surface area contributed by atoms with Crippen molar-refractivity contribution in [2.24, 2.45) is 0 Å². The molecule has 1 fully saturated rings. The first-order valence-electron chi connectivity index (χ1n) is 10.5. The van der Waals surface area contributed by atoms with Crippen molar-refractivity contribution in [1.82, 2.24) is 10.3 Å². The molecular formula is C21H19F7N2O5S2. The largest absolute Gasteiger partial charge is 0.433 e. The van der Waals surface area contributed by atoms with Gasteiger partial charge in [-0.25, -0.2) is 26.2 Å². The normalized spacial score (nSPS) is 21.5. The van der Waals surface area contributed by atoms with Gasteiger partial charge in [-0.05, 0) is 56.0 Å². The lowest BCUT2D eigenvalue weighted by atomic mass is 9.93. The van der Waals surface area contributed by atoms with Crippen molar-refractivity contribution in [3.63, 3.8) is 0 Å². The number of alkyl halides is 7. The number of carbonyl (C=O) groups excluding carboxylic acids is 1. The Bertz CT molecular complexity index is 1410. The maximum Gasteiger partial charge on any atom is 0.433 e. The molecule has 0 atom stereocenters. The van der Waals surface area contributed by atoms with Gasteiger partial charge in [-0.15, -0.1) is 0 Å². The van der Waals surface area contributed by atoms with Crippen molar-refractivity contribution in [3.8, 4) is 0 Å². The first kappa shape index (κ1) is 28.8. The number of hydrogen-bond acceptors (Lipinski definition) is 6. The molecule has 0 unspecified atom stereocenters. The molecule has 0 saturated heterocycles. The molecule has 0 radical (unpaired) electrons. The van der Waals surface area contributed by atoms with Crippen LogP contribution in [0.4, 0.5) is 30.7 Å². The third-order valence-electron chi connectivity index (χ3n) is 5.77. The zero-order valence-corrected chi connectivity index (χ0v) is 20.5. The van der Waals surface area contributed by atoms with Crippen LogP contribution in [0.25, 0.3) is 0 Å². The Kier molecular flexibility index (Phi) is 7.42. The molecule has 0 aliphatic heterocycles. The fourth-order valence-electron chi connectivity index (χ4n) is 3.83. The van der Waals surface area contributed by atoms with Crippen molar-refractivity contribution in [3.05, 3.63) is 53.2 Å². The Morgan fingerprint density at radius 1 is 0.973 bits per heavy atom. The van der Waals surface area contributed by atoms with Gasteiger partial charge in [-0.2, -0.15) is 26.3 Å². The minimum atomic E-state index is -4.98. The minimum Gasteiger partial charge on any atom is -0.349 e. The maximum atomic E-state index is 15.5. The highest BCUT2D eigenvalue weighted by Crippen LogP contribution is 2.41. The lowest BCUT2D eigenvalue weighted by Crippen LogP contribution is -2.45. The number of amides is 1. The summed E-state index contributed by atoms with van der Waals surface area (Å²) in [5.74, 6) is -1.13. The first-order chi connectivity index (χ1) is 16.8. The van der Waals surface area contributed by atoms with E-state index in [4.69, 9.17) is 0 Å². The summed E-state index contributed by atoms with van der Waals surface area (Å²) in [7, 11) is -9.24. The summed E-state index contributed by atoms with van der Waals surface area (Å²) in [6, 6.07) is 2.78. The second-order valence-electron chi connectivity index (χ2n) is 8.48. The van der Waals surface area contributed by atoms with Crippen LogP contribution in [-0.4, -0.2) is 45.0 Å².